The maximum atomic E-state index is 13.2. The molecule has 2 aliphatic heterocycles. The zero-order valence-corrected chi connectivity index (χ0v) is 16.8. The Morgan fingerprint density at radius 2 is 2.07 bits per heavy atom. The van der Waals surface area contributed by atoms with E-state index in [9.17, 15) is 9.59 Å². The molecular weight excluding hydrogens is 380 g/mol. The number of likely N-dealkylation sites (tertiary alicyclic amines) is 1. The van der Waals surface area contributed by atoms with E-state index in [4.69, 9.17) is 4.74 Å². The van der Waals surface area contributed by atoms with E-state index in [1.807, 2.05) is 47.0 Å². The Balaban J connectivity index is 1.26. The summed E-state index contributed by atoms with van der Waals surface area (Å²) in [6.45, 7) is 2.39. The van der Waals surface area contributed by atoms with E-state index in [1.165, 1.54) is 0 Å². The Morgan fingerprint density at radius 1 is 1.20 bits per heavy atom. The van der Waals surface area contributed by atoms with Gasteiger partial charge in [0, 0.05) is 68.0 Å². The Labute approximate surface area is 174 Å². The summed E-state index contributed by atoms with van der Waals surface area (Å²) < 4.78 is 7.97. The van der Waals surface area contributed by atoms with Gasteiger partial charge in [0.15, 0.2) is 0 Å². The largest absolute Gasteiger partial charge is 0.376 e. The second-order valence-electron chi connectivity index (χ2n) is 8.13. The predicted molar refractivity (Wildman–Crippen MR) is 112 cm³/mol. The second-order valence-corrected chi connectivity index (χ2v) is 8.13. The molecule has 0 radical (unpaired) electrons. The van der Waals surface area contributed by atoms with Crippen LogP contribution in [-0.4, -0.2) is 58.6 Å². The lowest BCUT2D eigenvalue weighted by Crippen LogP contribution is -2.35. The maximum absolute atomic E-state index is 13.2. The number of carbonyl (C=O) groups excluding carboxylic acids is 2. The van der Waals surface area contributed by atoms with E-state index in [2.05, 4.69) is 10.3 Å². The summed E-state index contributed by atoms with van der Waals surface area (Å²) in [6, 6.07) is 11.5. The van der Waals surface area contributed by atoms with Gasteiger partial charge in [0.1, 0.15) is 0 Å². The first-order chi connectivity index (χ1) is 14.6. The highest BCUT2D eigenvalue weighted by atomic mass is 16.5. The Kier molecular flexibility index (Phi) is 4.75. The Hall–Kier alpha value is -3.19. The Bertz CT molecular complexity index is 1090. The van der Waals surface area contributed by atoms with Crippen LogP contribution in [0.15, 0.2) is 55.0 Å². The first-order valence-corrected chi connectivity index (χ1v) is 10.2. The van der Waals surface area contributed by atoms with Crippen LogP contribution < -0.4 is 5.32 Å². The fourth-order valence-corrected chi connectivity index (χ4v) is 4.68. The van der Waals surface area contributed by atoms with Crippen molar-refractivity contribution in [3.8, 4) is 0 Å². The molecule has 7 heteroatoms. The van der Waals surface area contributed by atoms with Crippen molar-refractivity contribution in [2.75, 3.05) is 26.2 Å². The number of aromatic nitrogens is 2. The molecule has 2 fully saturated rings. The number of amides is 2. The van der Waals surface area contributed by atoms with Crippen LogP contribution in [0.5, 0.6) is 0 Å². The molecule has 1 N–H and O–H groups in total. The summed E-state index contributed by atoms with van der Waals surface area (Å²) in [6.07, 6.45) is 5.15. The van der Waals surface area contributed by atoms with Crippen LogP contribution in [0.2, 0.25) is 0 Å². The third kappa shape index (κ3) is 3.25. The summed E-state index contributed by atoms with van der Waals surface area (Å²) in [5.74, 6) is 0.343. The molecular formula is C23H24N4O3. The molecule has 1 aromatic carbocycles. The van der Waals surface area contributed by atoms with Gasteiger partial charge in [-0.05, 0) is 18.2 Å². The van der Waals surface area contributed by atoms with Crippen LogP contribution in [0.3, 0.4) is 0 Å². The molecule has 2 amide bonds. The zero-order chi connectivity index (χ0) is 20.7. The van der Waals surface area contributed by atoms with Gasteiger partial charge in [-0.3, -0.25) is 14.6 Å². The molecule has 0 saturated carbocycles. The molecule has 3 aromatic rings. The minimum absolute atomic E-state index is 0.0317. The molecule has 5 rings (SSSR count). The SMILES string of the molecule is Cn1cc(C(=O)N2C[C@@H]3[C@H](CNC(=O)c4cccnc4)CO[C@@H]3C2)c2ccccc21. The normalized spacial score (nSPS) is 23.0. The van der Waals surface area contributed by atoms with E-state index < -0.39 is 0 Å². The molecule has 0 bridgehead atoms. The highest BCUT2D eigenvalue weighted by Gasteiger charge is 2.45. The summed E-state index contributed by atoms with van der Waals surface area (Å²) >= 11 is 0. The number of ether oxygens (including phenoxy) is 1. The fraction of sp³-hybridized carbons (Fsp3) is 0.348. The molecule has 30 heavy (non-hydrogen) atoms. The molecule has 154 valence electrons. The predicted octanol–water partition coefficient (Wildman–Crippen LogP) is 2.09. The molecule has 2 aromatic heterocycles. The zero-order valence-electron chi connectivity index (χ0n) is 16.8. The Morgan fingerprint density at radius 3 is 2.90 bits per heavy atom. The van der Waals surface area contributed by atoms with Crippen LogP contribution in [0, 0.1) is 11.8 Å². The van der Waals surface area contributed by atoms with Gasteiger partial charge in [-0.1, -0.05) is 18.2 Å². The first kappa shape index (κ1) is 18.8. The molecule has 2 saturated heterocycles. The van der Waals surface area contributed by atoms with Crippen molar-refractivity contribution < 1.29 is 14.3 Å². The summed E-state index contributed by atoms with van der Waals surface area (Å²) in [7, 11) is 1.96. The topological polar surface area (TPSA) is 76.5 Å². The molecule has 3 atom stereocenters. The lowest BCUT2D eigenvalue weighted by atomic mass is 9.93. The van der Waals surface area contributed by atoms with E-state index in [1.54, 1.807) is 24.5 Å². The maximum Gasteiger partial charge on any atom is 0.256 e. The van der Waals surface area contributed by atoms with Gasteiger partial charge < -0.3 is 19.5 Å². The third-order valence-corrected chi connectivity index (χ3v) is 6.30. The molecule has 2 aliphatic rings. The number of pyridine rings is 1. The van der Waals surface area contributed by atoms with Gasteiger partial charge in [-0.25, -0.2) is 0 Å². The van der Waals surface area contributed by atoms with Gasteiger partial charge in [0.05, 0.1) is 23.8 Å². The van der Waals surface area contributed by atoms with Crippen molar-refractivity contribution in [2.24, 2.45) is 18.9 Å². The fourth-order valence-electron chi connectivity index (χ4n) is 4.68. The van der Waals surface area contributed by atoms with E-state index >= 15 is 0 Å². The van der Waals surface area contributed by atoms with Crippen molar-refractivity contribution in [1.29, 1.82) is 0 Å². The quantitative estimate of drug-likeness (QED) is 0.723. The van der Waals surface area contributed by atoms with Crippen LogP contribution in [0.1, 0.15) is 20.7 Å². The van der Waals surface area contributed by atoms with E-state index in [0.717, 1.165) is 16.5 Å². The van der Waals surface area contributed by atoms with Crippen LogP contribution in [0.25, 0.3) is 10.9 Å². The number of nitrogens with one attached hydrogen (secondary N) is 1. The van der Waals surface area contributed by atoms with E-state index in [-0.39, 0.29) is 29.8 Å². The molecule has 0 aliphatic carbocycles. The average Bonchev–Trinajstić information content (AvgIpc) is 3.46. The van der Waals surface area contributed by atoms with Crippen molar-refractivity contribution in [1.82, 2.24) is 19.8 Å². The van der Waals surface area contributed by atoms with Gasteiger partial charge in [0.2, 0.25) is 0 Å². The number of rotatable bonds is 4. The van der Waals surface area contributed by atoms with Gasteiger partial charge >= 0.3 is 0 Å². The van der Waals surface area contributed by atoms with Gasteiger partial charge in [-0.2, -0.15) is 0 Å². The van der Waals surface area contributed by atoms with Gasteiger partial charge in [0.25, 0.3) is 11.8 Å². The van der Waals surface area contributed by atoms with Crippen LogP contribution >= 0.6 is 0 Å². The number of fused-ring (bicyclic) bond motifs is 2. The lowest BCUT2D eigenvalue weighted by molar-refractivity contribution is 0.0676. The van der Waals surface area contributed by atoms with Crippen molar-refractivity contribution in [3.63, 3.8) is 0 Å². The second kappa shape index (κ2) is 7.57. The highest BCUT2D eigenvalue weighted by molar-refractivity contribution is 6.07. The summed E-state index contributed by atoms with van der Waals surface area (Å²) in [4.78, 5) is 31.4. The van der Waals surface area contributed by atoms with Gasteiger partial charge in [-0.15, -0.1) is 0 Å². The smallest absolute Gasteiger partial charge is 0.256 e. The first-order valence-electron chi connectivity index (χ1n) is 10.2. The van der Waals surface area contributed by atoms with Crippen LogP contribution in [-0.2, 0) is 11.8 Å². The van der Waals surface area contributed by atoms with E-state index in [0.29, 0.717) is 31.8 Å². The average molecular weight is 404 g/mol. The monoisotopic (exact) mass is 404 g/mol. The molecule has 0 unspecified atom stereocenters. The number of nitrogens with zero attached hydrogens (tertiary/aromatic N) is 3. The standard InChI is InChI=1S/C23H24N4O3/c1-26-11-19(17-6-2-3-7-20(17)26)23(29)27-12-18-16(14-30-21(18)13-27)10-25-22(28)15-5-4-8-24-9-15/h2-9,11,16,18,21H,10,12-14H2,1H3,(H,25,28)/t16-,18-,21-/m1/s1. The van der Waals surface area contributed by atoms with Crippen molar-refractivity contribution in [2.45, 2.75) is 6.10 Å². The van der Waals surface area contributed by atoms with Crippen molar-refractivity contribution >= 4 is 22.7 Å². The number of hydrogen-bond acceptors (Lipinski definition) is 4. The third-order valence-electron chi connectivity index (χ3n) is 6.30. The lowest BCUT2D eigenvalue weighted by Gasteiger charge is -2.20. The number of benzene rings is 1. The van der Waals surface area contributed by atoms with Crippen LogP contribution in [0.4, 0.5) is 0 Å². The molecule has 0 spiro atoms. The number of hydrogen-bond donors (Lipinski definition) is 1. The van der Waals surface area contributed by atoms with Crippen molar-refractivity contribution in [3.05, 3.63) is 66.1 Å². The summed E-state index contributed by atoms with van der Waals surface area (Å²) in [5, 5.41) is 3.97. The molecule has 7 nitrogen and oxygen atoms in total. The number of para-hydroxylation sites is 1. The highest BCUT2D eigenvalue weighted by Crippen LogP contribution is 2.34. The number of carbonyl (C=O) groups is 2. The summed E-state index contributed by atoms with van der Waals surface area (Å²) in [5.41, 5.74) is 2.33. The minimum Gasteiger partial charge on any atom is -0.376 e. The minimum atomic E-state index is -0.131. The number of aryl methyl sites for hydroxylation is 1. The molecule has 4 heterocycles.